The molecule has 2 atom stereocenters. The Hall–Kier alpha value is -1.11. The highest BCUT2D eigenvalue weighted by Crippen LogP contribution is 2.11. The third-order valence-corrected chi connectivity index (χ3v) is 3.87. The monoisotopic (exact) mass is 303 g/mol. The van der Waals surface area contributed by atoms with Crippen molar-refractivity contribution in [3.63, 3.8) is 0 Å². The number of amides is 2. The van der Waals surface area contributed by atoms with Crippen molar-refractivity contribution in [3.8, 4) is 0 Å². The molecule has 106 valence electrons. The number of halogens is 1. The lowest BCUT2D eigenvalue weighted by molar-refractivity contribution is -0.131. The first kappa shape index (κ1) is 15.9. The molecule has 1 aromatic rings. The van der Waals surface area contributed by atoms with Crippen molar-refractivity contribution in [1.29, 1.82) is 0 Å². The minimum atomic E-state index is -0.509. The van der Waals surface area contributed by atoms with Gasteiger partial charge in [0.15, 0.2) is 0 Å². The number of nitrogens with one attached hydrogen (secondary N) is 1. The Kier molecular flexibility index (Phi) is 5.78. The number of carbonyl (C=O) groups excluding carboxylic acids is 2. The molecule has 2 amide bonds. The molecule has 1 fully saturated rings. The van der Waals surface area contributed by atoms with Gasteiger partial charge in [-0.05, 0) is 24.8 Å². The van der Waals surface area contributed by atoms with Crippen LogP contribution in [0.25, 0.3) is 0 Å². The molecule has 1 aromatic heterocycles. The van der Waals surface area contributed by atoms with Crippen LogP contribution < -0.4 is 11.1 Å². The van der Waals surface area contributed by atoms with Gasteiger partial charge in [-0.2, -0.15) is 0 Å². The fraction of sp³-hybridized carbons (Fsp3) is 0.500. The van der Waals surface area contributed by atoms with E-state index < -0.39 is 6.04 Å². The SMILES string of the molecule is CC(NC(=O)c1cccs1)C(=O)N1CC[C@@H](N)C1.Cl. The van der Waals surface area contributed by atoms with E-state index in [9.17, 15) is 9.59 Å². The number of nitrogens with two attached hydrogens (primary N) is 1. The maximum absolute atomic E-state index is 12.1. The van der Waals surface area contributed by atoms with Crippen molar-refractivity contribution in [2.24, 2.45) is 5.73 Å². The summed E-state index contributed by atoms with van der Waals surface area (Å²) in [5.74, 6) is -0.262. The molecular weight excluding hydrogens is 286 g/mol. The largest absolute Gasteiger partial charge is 0.340 e. The molecule has 0 saturated carbocycles. The maximum Gasteiger partial charge on any atom is 0.261 e. The van der Waals surface area contributed by atoms with Crippen LogP contribution >= 0.6 is 23.7 Å². The summed E-state index contributed by atoms with van der Waals surface area (Å²) in [6.45, 7) is 2.97. The quantitative estimate of drug-likeness (QED) is 0.869. The molecule has 7 heteroatoms. The minimum Gasteiger partial charge on any atom is -0.340 e. The van der Waals surface area contributed by atoms with Gasteiger partial charge >= 0.3 is 0 Å². The number of rotatable bonds is 3. The molecule has 2 heterocycles. The molecule has 1 unspecified atom stereocenters. The van der Waals surface area contributed by atoms with E-state index in [2.05, 4.69) is 5.32 Å². The van der Waals surface area contributed by atoms with Crippen LogP contribution in [0.3, 0.4) is 0 Å². The van der Waals surface area contributed by atoms with Gasteiger partial charge in [0.25, 0.3) is 5.91 Å². The van der Waals surface area contributed by atoms with Gasteiger partial charge in [0.2, 0.25) is 5.91 Å². The molecule has 2 rings (SSSR count). The first-order chi connectivity index (χ1) is 8.58. The predicted octanol–water partition coefficient (Wildman–Crippen LogP) is 0.848. The summed E-state index contributed by atoms with van der Waals surface area (Å²) in [6, 6.07) is 3.10. The molecule has 1 aliphatic heterocycles. The second-order valence-electron chi connectivity index (χ2n) is 4.51. The number of likely N-dealkylation sites (tertiary alicyclic amines) is 1. The highest BCUT2D eigenvalue weighted by molar-refractivity contribution is 7.12. The lowest BCUT2D eigenvalue weighted by Crippen LogP contribution is -2.46. The van der Waals surface area contributed by atoms with E-state index in [1.54, 1.807) is 17.9 Å². The van der Waals surface area contributed by atoms with E-state index in [1.807, 2.05) is 11.4 Å². The molecule has 0 spiro atoms. The zero-order chi connectivity index (χ0) is 13.1. The van der Waals surface area contributed by atoms with Crippen molar-refractivity contribution in [2.45, 2.75) is 25.4 Å². The summed E-state index contributed by atoms with van der Waals surface area (Å²) >= 11 is 1.36. The summed E-state index contributed by atoms with van der Waals surface area (Å²) < 4.78 is 0. The maximum atomic E-state index is 12.1. The van der Waals surface area contributed by atoms with Gasteiger partial charge in [-0.25, -0.2) is 0 Å². The van der Waals surface area contributed by atoms with E-state index in [1.165, 1.54) is 11.3 Å². The average molecular weight is 304 g/mol. The van der Waals surface area contributed by atoms with Gasteiger partial charge in [-0.15, -0.1) is 23.7 Å². The van der Waals surface area contributed by atoms with Crippen LogP contribution in [0.4, 0.5) is 0 Å². The summed E-state index contributed by atoms with van der Waals surface area (Å²) in [4.78, 5) is 26.2. The van der Waals surface area contributed by atoms with Crippen LogP contribution in [0, 0.1) is 0 Å². The summed E-state index contributed by atoms with van der Waals surface area (Å²) in [6.07, 6.45) is 0.831. The van der Waals surface area contributed by atoms with E-state index >= 15 is 0 Å². The molecule has 3 N–H and O–H groups in total. The lowest BCUT2D eigenvalue weighted by atomic mass is 10.2. The van der Waals surface area contributed by atoms with Crippen LogP contribution in [-0.2, 0) is 4.79 Å². The highest BCUT2D eigenvalue weighted by atomic mass is 35.5. The van der Waals surface area contributed by atoms with Gasteiger partial charge in [-0.1, -0.05) is 6.07 Å². The number of nitrogens with zero attached hydrogens (tertiary/aromatic N) is 1. The van der Waals surface area contributed by atoms with Gasteiger partial charge < -0.3 is 16.0 Å². The standard InChI is InChI=1S/C12H17N3O2S.ClH/c1-8(12(17)15-5-4-9(13)7-15)14-11(16)10-3-2-6-18-10;/h2-3,6,8-9H,4-5,7,13H2,1H3,(H,14,16);1H/t8?,9-;/m1./s1. The molecule has 1 aliphatic rings. The molecular formula is C12H18ClN3O2S. The van der Waals surface area contributed by atoms with Gasteiger partial charge in [-0.3, -0.25) is 9.59 Å². The third kappa shape index (κ3) is 3.92. The topological polar surface area (TPSA) is 75.4 Å². The van der Waals surface area contributed by atoms with Gasteiger partial charge in [0, 0.05) is 19.1 Å². The fourth-order valence-corrected chi connectivity index (χ4v) is 2.63. The third-order valence-electron chi connectivity index (χ3n) is 3.00. The van der Waals surface area contributed by atoms with Gasteiger partial charge in [0.05, 0.1) is 4.88 Å². The molecule has 19 heavy (non-hydrogen) atoms. The first-order valence-electron chi connectivity index (χ1n) is 5.96. The molecule has 0 aromatic carbocycles. The molecule has 0 bridgehead atoms. The molecule has 0 aliphatic carbocycles. The molecule has 0 radical (unpaired) electrons. The van der Waals surface area contributed by atoms with Crippen molar-refractivity contribution in [1.82, 2.24) is 10.2 Å². The summed E-state index contributed by atoms with van der Waals surface area (Å²) in [5.41, 5.74) is 5.76. The van der Waals surface area contributed by atoms with Crippen molar-refractivity contribution in [3.05, 3.63) is 22.4 Å². The zero-order valence-corrected chi connectivity index (χ0v) is 12.3. The Bertz CT molecular complexity index is 438. The smallest absolute Gasteiger partial charge is 0.261 e. The van der Waals surface area contributed by atoms with Crippen LogP contribution in [0.1, 0.15) is 23.0 Å². The second-order valence-corrected chi connectivity index (χ2v) is 5.45. The van der Waals surface area contributed by atoms with Crippen molar-refractivity contribution in [2.75, 3.05) is 13.1 Å². The average Bonchev–Trinajstić information content (AvgIpc) is 2.98. The zero-order valence-electron chi connectivity index (χ0n) is 10.7. The van der Waals surface area contributed by atoms with E-state index in [0.717, 1.165) is 6.42 Å². The van der Waals surface area contributed by atoms with E-state index in [4.69, 9.17) is 5.73 Å². The van der Waals surface area contributed by atoms with Crippen LogP contribution in [-0.4, -0.2) is 41.9 Å². The molecule has 5 nitrogen and oxygen atoms in total. The Morgan fingerprint density at radius 2 is 2.32 bits per heavy atom. The second kappa shape index (κ2) is 6.88. The summed E-state index contributed by atoms with van der Waals surface area (Å²) in [7, 11) is 0. The van der Waals surface area contributed by atoms with Crippen molar-refractivity contribution < 1.29 is 9.59 Å². The fourth-order valence-electron chi connectivity index (χ4n) is 2.00. The van der Waals surface area contributed by atoms with Crippen LogP contribution in [0.15, 0.2) is 17.5 Å². The predicted molar refractivity (Wildman–Crippen MR) is 77.7 cm³/mol. The molecule has 1 saturated heterocycles. The van der Waals surface area contributed by atoms with Gasteiger partial charge in [0.1, 0.15) is 6.04 Å². The lowest BCUT2D eigenvalue weighted by Gasteiger charge is -2.21. The Labute approximate surface area is 122 Å². The van der Waals surface area contributed by atoms with Crippen LogP contribution in [0.2, 0.25) is 0 Å². The number of thiophene rings is 1. The van der Waals surface area contributed by atoms with Crippen LogP contribution in [0.5, 0.6) is 0 Å². The summed E-state index contributed by atoms with van der Waals surface area (Å²) in [5, 5.41) is 4.55. The van der Waals surface area contributed by atoms with Crippen molar-refractivity contribution >= 4 is 35.6 Å². The Balaban J connectivity index is 0.00000180. The normalized spacial score (nSPS) is 19.7. The highest BCUT2D eigenvalue weighted by Gasteiger charge is 2.28. The minimum absolute atomic E-state index is 0. The number of carbonyl (C=O) groups is 2. The first-order valence-corrected chi connectivity index (χ1v) is 6.84. The Morgan fingerprint density at radius 3 is 2.84 bits per heavy atom. The van der Waals surface area contributed by atoms with E-state index in [0.29, 0.717) is 18.0 Å². The Morgan fingerprint density at radius 1 is 1.58 bits per heavy atom. The number of hydrogen-bond donors (Lipinski definition) is 2. The van der Waals surface area contributed by atoms with E-state index in [-0.39, 0.29) is 30.3 Å². The number of hydrogen-bond acceptors (Lipinski definition) is 4.